The molecule has 0 aliphatic rings. The molecule has 0 fully saturated rings. The van der Waals surface area contributed by atoms with E-state index in [1.54, 1.807) is 0 Å². The fourth-order valence-corrected chi connectivity index (χ4v) is 7.17. The van der Waals surface area contributed by atoms with Crippen LogP contribution in [0.4, 0.5) is 39.5 Å². The van der Waals surface area contributed by atoms with Gasteiger partial charge in [0, 0.05) is 12.1 Å². The van der Waals surface area contributed by atoms with E-state index >= 15 is 0 Å². The fraction of sp³-hybridized carbons (Fsp3) is 0.235. The summed E-state index contributed by atoms with van der Waals surface area (Å²) in [4.78, 5) is 4.08. The Kier molecular flexibility index (Phi) is 9.99. The lowest BCUT2D eigenvalue weighted by Gasteiger charge is -2.34. The van der Waals surface area contributed by atoms with Crippen LogP contribution in [0.5, 0.6) is 0 Å². The Balaban J connectivity index is 0.000000263. The van der Waals surface area contributed by atoms with Gasteiger partial charge in [-0.2, -0.15) is 39.5 Å². The number of halogens is 9. The first kappa shape index (κ1) is 37.1. The molecule has 0 atom stereocenters. The van der Waals surface area contributed by atoms with E-state index in [9.17, 15) is 52.5 Å². The predicted octanol–water partition coefficient (Wildman–Crippen LogP) is 10.3. The van der Waals surface area contributed by atoms with E-state index in [4.69, 9.17) is 0 Å². The molecule has 0 aromatic heterocycles. The van der Waals surface area contributed by atoms with E-state index in [0.29, 0.717) is 0 Å². The van der Waals surface area contributed by atoms with Gasteiger partial charge in [0.15, 0.2) is 24.8 Å². The van der Waals surface area contributed by atoms with Crippen LogP contribution in [0.3, 0.4) is 0 Å². The first-order valence-electron chi connectivity index (χ1n) is 14.0. The molecule has 5 aromatic carbocycles. The Morgan fingerprint density at radius 3 is 1.25 bits per heavy atom. The van der Waals surface area contributed by atoms with Crippen LogP contribution in [-0.4, -0.2) is 36.2 Å². The standard InChI is InChI=1S/C30H27S.C4HF9O3S/c1-30(2,3)26-14-18-27(19-15-26)31(28-16-12-22-8-4-6-10-24(22)20-28)29-17-13-23-9-5-7-11-25(23)21-29;5-1(6,3(9,10)11)2(7,8)4(12,13)17(14,15)16/h4-21H,1-3H3;(H,14,15,16)/q+1;/p-1. The van der Waals surface area contributed by atoms with Crippen molar-refractivity contribution in [1.82, 2.24) is 0 Å². The highest BCUT2D eigenvalue weighted by Gasteiger charge is 2.83. The van der Waals surface area contributed by atoms with Crippen LogP contribution >= 0.6 is 0 Å². The van der Waals surface area contributed by atoms with Gasteiger partial charge in [0.1, 0.15) is 0 Å². The zero-order valence-electron chi connectivity index (χ0n) is 25.3. The number of fused-ring (bicyclic) bond motifs is 2. The molecule has 0 N–H and O–H groups in total. The molecule has 5 rings (SSSR count). The van der Waals surface area contributed by atoms with E-state index in [2.05, 4.69) is 130 Å². The Morgan fingerprint density at radius 1 is 0.521 bits per heavy atom. The summed E-state index contributed by atoms with van der Waals surface area (Å²) in [5.41, 5.74) is 1.53. The van der Waals surface area contributed by atoms with Gasteiger partial charge in [-0.15, -0.1) is 0 Å². The minimum atomic E-state index is -7.43. The van der Waals surface area contributed by atoms with Gasteiger partial charge in [-0.05, 0) is 68.9 Å². The summed E-state index contributed by atoms with van der Waals surface area (Å²) in [6, 6.07) is 40.4. The summed E-state index contributed by atoms with van der Waals surface area (Å²) in [5.74, 6) is -14.8. The van der Waals surface area contributed by atoms with Crippen molar-refractivity contribution in [2.75, 3.05) is 0 Å². The van der Waals surface area contributed by atoms with E-state index in [-0.39, 0.29) is 16.3 Å². The van der Waals surface area contributed by atoms with E-state index < -0.39 is 33.4 Å². The molecule has 48 heavy (non-hydrogen) atoms. The minimum Gasteiger partial charge on any atom is -0.743 e. The second-order valence-electron chi connectivity index (χ2n) is 11.7. The molecule has 0 heterocycles. The van der Waals surface area contributed by atoms with E-state index in [1.165, 1.54) is 41.8 Å². The van der Waals surface area contributed by atoms with Gasteiger partial charge < -0.3 is 4.55 Å². The molecule has 0 aliphatic heterocycles. The summed E-state index contributed by atoms with van der Waals surface area (Å²) < 4.78 is 135. The van der Waals surface area contributed by atoms with Crippen molar-refractivity contribution in [2.24, 2.45) is 0 Å². The molecule has 0 unspecified atom stereocenters. The van der Waals surface area contributed by atoms with Gasteiger partial charge >= 0.3 is 23.3 Å². The lowest BCUT2D eigenvalue weighted by Crippen LogP contribution is -2.63. The quantitative estimate of drug-likeness (QED) is 0.0998. The van der Waals surface area contributed by atoms with Crippen molar-refractivity contribution in [3.8, 4) is 0 Å². The highest BCUT2D eigenvalue weighted by molar-refractivity contribution is 7.97. The fourth-order valence-electron chi connectivity index (χ4n) is 4.61. The Labute approximate surface area is 273 Å². The molecule has 0 aliphatic carbocycles. The summed E-state index contributed by atoms with van der Waals surface area (Å²) >= 11 is 0. The molecule has 0 saturated carbocycles. The number of rotatable bonds is 6. The van der Waals surface area contributed by atoms with Gasteiger partial charge in [0.25, 0.3) is 0 Å². The van der Waals surface area contributed by atoms with Crippen LogP contribution in [0.25, 0.3) is 21.5 Å². The van der Waals surface area contributed by atoms with Crippen LogP contribution in [0.15, 0.2) is 124 Å². The predicted molar refractivity (Wildman–Crippen MR) is 166 cm³/mol. The summed E-state index contributed by atoms with van der Waals surface area (Å²) in [7, 11) is -7.58. The second kappa shape index (κ2) is 12.9. The number of alkyl halides is 9. The van der Waals surface area contributed by atoms with Crippen molar-refractivity contribution < 1.29 is 52.5 Å². The van der Waals surface area contributed by atoms with Crippen molar-refractivity contribution in [2.45, 2.75) is 64.1 Å². The minimum absolute atomic E-state index is 0.156. The second-order valence-corrected chi connectivity index (χ2v) is 15.2. The van der Waals surface area contributed by atoms with Crippen LogP contribution in [-0.2, 0) is 26.4 Å². The first-order valence-corrected chi connectivity index (χ1v) is 16.6. The topological polar surface area (TPSA) is 57.2 Å². The monoisotopic (exact) mass is 718 g/mol. The average molecular weight is 719 g/mol. The lowest BCUT2D eigenvalue weighted by molar-refractivity contribution is -0.382. The Bertz CT molecular complexity index is 1940. The molecule has 0 amide bonds. The third kappa shape index (κ3) is 7.15. The van der Waals surface area contributed by atoms with Crippen LogP contribution < -0.4 is 0 Å². The maximum absolute atomic E-state index is 12.2. The molecule has 0 spiro atoms. The Morgan fingerprint density at radius 2 is 0.896 bits per heavy atom. The maximum Gasteiger partial charge on any atom is 0.460 e. The van der Waals surface area contributed by atoms with Gasteiger partial charge in [-0.3, -0.25) is 0 Å². The zero-order chi connectivity index (χ0) is 35.9. The van der Waals surface area contributed by atoms with Crippen molar-refractivity contribution >= 4 is 42.6 Å². The highest BCUT2D eigenvalue weighted by atomic mass is 32.2. The molecule has 5 aromatic rings. The first-order chi connectivity index (χ1) is 22.0. The third-order valence-electron chi connectivity index (χ3n) is 7.30. The number of hydrogen-bond acceptors (Lipinski definition) is 3. The molecule has 0 saturated heterocycles. The lowest BCUT2D eigenvalue weighted by atomic mass is 9.87. The largest absolute Gasteiger partial charge is 0.743 e. The van der Waals surface area contributed by atoms with Crippen molar-refractivity contribution in [3.63, 3.8) is 0 Å². The van der Waals surface area contributed by atoms with Gasteiger partial charge in [0.2, 0.25) is 0 Å². The highest BCUT2D eigenvalue weighted by Crippen LogP contribution is 2.54. The molecular weight excluding hydrogens is 691 g/mol. The maximum atomic E-state index is 12.2. The smallest absolute Gasteiger partial charge is 0.460 e. The van der Waals surface area contributed by atoms with E-state index in [1.807, 2.05) is 0 Å². The summed E-state index contributed by atoms with van der Waals surface area (Å²) in [5, 5.41) is -1.94. The van der Waals surface area contributed by atoms with Gasteiger partial charge in [-0.1, -0.05) is 81.4 Å². The normalized spacial score (nSPS) is 13.5. The summed E-state index contributed by atoms with van der Waals surface area (Å²) in [6.07, 6.45) is -7.16. The van der Waals surface area contributed by atoms with Crippen LogP contribution in [0.1, 0.15) is 26.3 Å². The zero-order valence-corrected chi connectivity index (χ0v) is 27.0. The van der Waals surface area contributed by atoms with Crippen molar-refractivity contribution in [1.29, 1.82) is 0 Å². The van der Waals surface area contributed by atoms with E-state index in [0.717, 1.165) is 0 Å². The average Bonchev–Trinajstić information content (AvgIpc) is 3.00. The SMILES string of the molecule is CC(C)(C)c1ccc([S+](c2ccc3ccccc3c2)c2ccc3ccccc3c2)cc1.O=S(=O)([O-])C(F)(F)C(F)(F)C(F)(F)C(F)(F)F. The molecular formula is C34H27F9O3S2. The molecule has 3 nitrogen and oxygen atoms in total. The third-order valence-corrected chi connectivity index (χ3v) is 10.4. The molecule has 14 heteroatoms. The molecule has 0 radical (unpaired) electrons. The molecule has 256 valence electrons. The number of benzene rings is 5. The van der Waals surface area contributed by atoms with Crippen molar-refractivity contribution in [3.05, 3.63) is 115 Å². The summed E-state index contributed by atoms with van der Waals surface area (Å²) in [6.45, 7) is 6.82. The molecule has 0 bridgehead atoms. The van der Waals surface area contributed by atoms with Crippen LogP contribution in [0, 0.1) is 0 Å². The Hall–Kier alpha value is -3.75. The van der Waals surface area contributed by atoms with Crippen LogP contribution in [0.2, 0.25) is 0 Å². The van der Waals surface area contributed by atoms with Gasteiger partial charge in [0.05, 0.1) is 10.9 Å². The van der Waals surface area contributed by atoms with Gasteiger partial charge in [-0.25, -0.2) is 8.42 Å². The number of hydrogen-bond donors (Lipinski definition) is 0.